The first-order valence-electron chi connectivity index (χ1n) is 7.02. The van der Waals surface area contributed by atoms with E-state index in [1.54, 1.807) is 0 Å². The van der Waals surface area contributed by atoms with E-state index in [2.05, 4.69) is 10.6 Å². The molecule has 2 aliphatic rings. The van der Waals surface area contributed by atoms with Crippen LogP contribution in [0.4, 0.5) is 4.79 Å². The highest BCUT2D eigenvalue weighted by molar-refractivity contribution is 5.81. The van der Waals surface area contributed by atoms with Gasteiger partial charge in [0.1, 0.15) is 0 Å². The van der Waals surface area contributed by atoms with Crippen molar-refractivity contribution in [2.75, 3.05) is 26.2 Å². The Morgan fingerprint density at radius 3 is 2.35 bits per heavy atom. The first kappa shape index (κ1) is 14.6. The molecule has 1 aliphatic carbocycles. The Morgan fingerprint density at radius 1 is 1.15 bits per heavy atom. The Bertz CT molecular complexity index is 408. The fraction of sp³-hybridized carbons (Fsp3) is 0.769. The second-order valence-corrected chi connectivity index (χ2v) is 5.62. The first-order valence-corrected chi connectivity index (χ1v) is 7.02. The Hall–Kier alpha value is -1.79. The largest absolute Gasteiger partial charge is 0.481 e. The monoisotopic (exact) mass is 283 g/mol. The normalized spacial score (nSPS) is 25.4. The number of likely N-dealkylation sites (tertiary alicyclic amines) is 1. The van der Waals surface area contributed by atoms with Crippen molar-refractivity contribution in [1.82, 2.24) is 15.5 Å². The van der Waals surface area contributed by atoms with Gasteiger partial charge in [-0.25, -0.2) is 4.79 Å². The Morgan fingerprint density at radius 2 is 1.80 bits per heavy atom. The Balaban J connectivity index is 1.65. The van der Waals surface area contributed by atoms with Crippen LogP contribution >= 0.6 is 0 Å². The molecule has 0 aromatic heterocycles. The van der Waals surface area contributed by atoms with Crippen LogP contribution in [0.15, 0.2) is 0 Å². The van der Waals surface area contributed by atoms with E-state index < -0.39 is 11.9 Å². The van der Waals surface area contributed by atoms with Crippen molar-refractivity contribution in [3.8, 4) is 0 Å². The van der Waals surface area contributed by atoms with Gasteiger partial charge in [-0.3, -0.25) is 9.59 Å². The predicted octanol–water partition coefficient (Wildman–Crippen LogP) is -0.125. The maximum Gasteiger partial charge on any atom is 0.317 e. The van der Waals surface area contributed by atoms with E-state index in [-0.39, 0.29) is 30.3 Å². The molecule has 1 aliphatic heterocycles. The van der Waals surface area contributed by atoms with Crippen LogP contribution in [0.25, 0.3) is 0 Å². The Kier molecular flexibility index (Phi) is 4.46. The number of hydrogen-bond donors (Lipinski definition) is 3. The number of nitrogens with one attached hydrogen (secondary N) is 2. The zero-order valence-electron chi connectivity index (χ0n) is 11.6. The van der Waals surface area contributed by atoms with Crippen molar-refractivity contribution < 1.29 is 19.5 Å². The topological polar surface area (TPSA) is 98.7 Å². The summed E-state index contributed by atoms with van der Waals surface area (Å²) in [6.07, 6.45) is 1.92. The standard InChI is InChI=1S/C13H21N3O4/c1-8-6-16(7-10(8)12(18)19)13(20)15-5-4-14-11(17)9-2-3-9/h8-10H,2-7H2,1H3,(H,14,17)(H,15,20)(H,18,19). The lowest BCUT2D eigenvalue weighted by molar-refractivity contribution is -0.142. The van der Waals surface area contributed by atoms with Gasteiger partial charge in [0.25, 0.3) is 0 Å². The molecule has 3 N–H and O–H groups in total. The van der Waals surface area contributed by atoms with Crippen molar-refractivity contribution in [3.05, 3.63) is 0 Å². The smallest absolute Gasteiger partial charge is 0.317 e. The number of urea groups is 1. The van der Waals surface area contributed by atoms with E-state index in [9.17, 15) is 14.4 Å². The highest BCUT2D eigenvalue weighted by atomic mass is 16.4. The molecule has 20 heavy (non-hydrogen) atoms. The van der Waals surface area contributed by atoms with Gasteiger partial charge in [-0.1, -0.05) is 6.92 Å². The van der Waals surface area contributed by atoms with Gasteiger partial charge < -0.3 is 20.6 Å². The van der Waals surface area contributed by atoms with Crippen LogP contribution in [0, 0.1) is 17.8 Å². The zero-order valence-corrected chi connectivity index (χ0v) is 11.6. The zero-order chi connectivity index (χ0) is 14.7. The molecule has 7 nitrogen and oxygen atoms in total. The molecule has 0 spiro atoms. The Labute approximate surface area is 117 Å². The quantitative estimate of drug-likeness (QED) is 0.612. The molecule has 2 atom stereocenters. The summed E-state index contributed by atoms with van der Waals surface area (Å²) in [7, 11) is 0. The number of aliphatic carboxylic acids is 1. The molecular weight excluding hydrogens is 262 g/mol. The molecule has 0 aromatic carbocycles. The highest BCUT2D eigenvalue weighted by Gasteiger charge is 2.36. The minimum Gasteiger partial charge on any atom is -0.481 e. The van der Waals surface area contributed by atoms with E-state index in [1.165, 1.54) is 4.90 Å². The number of carboxylic acids is 1. The fourth-order valence-electron chi connectivity index (χ4n) is 2.41. The number of nitrogens with zero attached hydrogens (tertiary/aromatic N) is 1. The summed E-state index contributed by atoms with van der Waals surface area (Å²) < 4.78 is 0. The van der Waals surface area contributed by atoms with E-state index in [4.69, 9.17) is 5.11 Å². The summed E-state index contributed by atoms with van der Waals surface area (Å²) in [5.74, 6) is -1.16. The van der Waals surface area contributed by atoms with Crippen molar-refractivity contribution in [2.45, 2.75) is 19.8 Å². The van der Waals surface area contributed by atoms with Crippen molar-refractivity contribution >= 4 is 17.9 Å². The van der Waals surface area contributed by atoms with E-state index in [0.29, 0.717) is 19.6 Å². The van der Waals surface area contributed by atoms with Crippen LogP contribution in [0.5, 0.6) is 0 Å². The third-order valence-electron chi connectivity index (χ3n) is 3.87. The minimum atomic E-state index is -0.857. The molecule has 2 unspecified atom stereocenters. The molecule has 1 heterocycles. The maximum atomic E-state index is 11.9. The van der Waals surface area contributed by atoms with Crippen LogP contribution in [0.1, 0.15) is 19.8 Å². The lowest BCUT2D eigenvalue weighted by atomic mass is 9.99. The van der Waals surface area contributed by atoms with Gasteiger partial charge in [0.15, 0.2) is 0 Å². The summed E-state index contributed by atoms with van der Waals surface area (Å²) in [5.41, 5.74) is 0. The van der Waals surface area contributed by atoms with Gasteiger partial charge in [-0.15, -0.1) is 0 Å². The average Bonchev–Trinajstić information content (AvgIpc) is 3.16. The summed E-state index contributed by atoms with van der Waals surface area (Å²) >= 11 is 0. The summed E-state index contributed by atoms with van der Waals surface area (Å²) in [6.45, 7) is 3.31. The van der Waals surface area contributed by atoms with Crippen molar-refractivity contribution in [2.24, 2.45) is 17.8 Å². The van der Waals surface area contributed by atoms with Crippen LogP contribution in [-0.4, -0.2) is 54.1 Å². The summed E-state index contributed by atoms with van der Waals surface area (Å²) in [4.78, 5) is 35.7. The molecule has 1 saturated heterocycles. The first-order chi connectivity index (χ1) is 9.49. The molecule has 3 amide bonds. The van der Waals surface area contributed by atoms with Gasteiger partial charge in [-0.2, -0.15) is 0 Å². The summed E-state index contributed by atoms with van der Waals surface area (Å²) in [6, 6.07) is -0.263. The molecule has 7 heteroatoms. The van der Waals surface area contributed by atoms with Crippen LogP contribution in [-0.2, 0) is 9.59 Å². The van der Waals surface area contributed by atoms with Gasteiger partial charge in [-0.05, 0) is 18.8 Å². The number of amides is 3. The molecule has 0 radical (unpaired) electrons. The number of hydrogen-bond acceptors (Lipinski definition) is 3. The molecule has 0 bridgehead atoms. The molecule has 0 aromatic rings. The third kappa shape index (κ3) is 3.61. The number of carbonyl (C=O) groups is 3. The maximum absolute atomic E-state index is 11.9. The number of rotatable bonds is 5. The summed E-state index contributed by atoms with van der Waals surface area (Å²) in [5, 5.41) is 14.5. The lowest BCUT2D eigenvalue weighted by Crippen LogP contribution is -2.42. The molecule has 112 valence electrons. The van der Waals surface area contributed by atoms with Gasteiger partial charge >= 0.3 is 12.0 Å². The molecular formula is C13H21N3O4. The second kappa shape index (κ2) is 6.11. The van der Waals surface area contributed by atoms with Gasteiger partial charge in [0.05, 0.1) is 5.92 Å². The van der Waals surface area contributed by atoms with Crippen LogP contribution in [0.2, 0.25) is 0 Å². The van der Waals surface area contributed by atoms with Gasteiger partial charge in [0.2, 0.25) is 5.91 Å². The lowest BCUT2D eigenvalue weighted by Gasteiger charge is -2.17. The molecule has 1 saturated carbocycles. The highest BCUT2D eigenvalue weighted by Crippen LogP contribution is 2.28. The number of carboxylic acid groups (broad SMARTS) is 1. The number of carbonyl (C=O) groups excluding carboxylic acids is 2. The predicted molar refractivity (Wildman–Crippen MR) is 71.0 cm³/mol. The molecule has 2 fully saturated rings. The second-order valence-electron chi connectivity index (χ2n) is 5.62. The van der Waals surface area contributed by atoms with E-state index in [1.807, 2.05) is 6.92 Å². The van der Waals surface area contributed by atoms with Gasteiger partial charge in [0, 0.05) is 32.1 Å². The van der Waals surface area contributed by atoms with Crippen molar-refractivity contribution in [3.63, 3.8) is 0 Å². The fourth-order valence-corrected chi connectivity index (χ4v) is 2.41. The minimum absolute atomic E-state index is 0.0344. The van der Waals surface area contributed by atoms with Crippen LogP contribution in [0.3, 0.4) is 0 Å². The van der Waals surface area contributed by atoms with Crippen LogP contribution < -0.4 is 10.6 Å². The molecule has 2 rings (SSSR count). The van der Waals surface area contributed by atoms with E-state index in [0.717, 1.165) is 12.8 Å². The average molecular weight is 283 g/mol. The third-order valence-corrected chi connectivity index (χ3v) is 3.87. The van der Waals surface area contributed by atoms with E-state index >= 15 is 0 Å². The van der Waals surface area contributed by atoms with Crippen molar-refractivity contribution in [1.29, 1.82) is 0 Å². The SMILES string of the molecule is CC1CN(C(=O)NCCNC(=O)C2CC2)CC1C(=O)O.